The van der Waals surface area contributed by atoms with Crippen LogP contribution in [0.3, 0.4) is 0 Å². The maximum atomic E-state index is 12.7. The van der Waals surface area contributed by atoms with E-state index < -0.39 is 9.84 Å². The Morgan fingerprint density at radius 3 is 2.54 bits per heavy atom. The molecule has 0 aliphatic heterocycles. The van der Waals surface area contributed by atoms with Gasteiger partial charge in [-0.15, -0.1) is 0 Å². The summed E-state index contributed by atoms with van der Waals surface area (Å²) < 4.78 is 25.5. The fourth-order valence-electron chi connectivity index (χ4n) is 2.85. The molecular weight excluding hydrogens is 417 g/mol. The summed E-state index contributed by atoms with van der Waals surface area (Å²) >= 11 is 12.2. The van der Waals surface area contributed by atoms with Gasteiger partial charge < -0.3 is 10.3 Å². The number of H-pyrrole nitrogens is 1. The van der Waals surface area contributed by atoms with E-state index in [-0.39, 0.29) is 10.6 Å². The van der Waals surface area contributed by atoms with Crippen LogP contribution in [0.4, 0.5) is 11.6 Å². The molecule has 5 nitrogen and oxygen atoms in total. The number of hydrogen-bond donors (Lipinski definition) is 2. The molecule has 4 rings (SSSR count). The molecular formula is C20H15Cl2N3O2S. The second kappa shape index (κ2) is 7.47. The van der Waals surface area contributed by atoms with Gasteiger partial charge >= 0.3 is 0 Å². The van der Waals surface area contributed by atoms with Crippen molar-refractivity contribution in [1.82, 2.24) is 9.97 Å². The molecule has 0 fully saturated rings. The minimum atomic E-state index is -3.47. The molecule has 1 aromatic heterocycles. The summed E-state index contributed by atoms with van der Waals surface area (Å²) in [6.07, 6.45) is 0. The quantitative estimate of drug-likeness (QED) is 0.431. The number of aromatic nitrogens is 2. The van der Waals surface area contributed by atoms with Crippen LogP contribution in [-0.2, 0) is 15.6 Å². The van der Waals surface area contributed by atoms with Crippen LogP contribution in [0.5, 0.6) is 0 Å². The molecule has 28 heavy (non-hydrogen) atoms. The van der Waals surface area contributed by atoms with Gasteiger partial charge in [-0.25, -0.2) is 13.4 Å². The summed E-state index contributed by atoms with van der Waals surface area (Å²) in [4.78, 5) is 7.74. The van der Waals surface area contributed by atoms with Crippen molar-refractivity contribution >= 4 is 55.7 Å². The Hall–Kier alpha value is -2.54. The maximum absolute atomic E-state index is 12.7. The molecule has 0 unspecified atom stereocenters. The van der Waals surface area contributed by atoms with Crippen LogP contribution in [0.2, 0.25) is 10.0 Å². The molecule has 3 aromatic carbocycles. The monoisotopic (exact) mass is 431 g/mol. The van der Waals surface area contributed by atoms with Crippen LogP contribution in [0.25, 0.3) is 11.0 Å². The predicted octanol–water partition coefficient (Wildman–Crippen LogP) is 5.59. The molecule has 0 amide bonds. The van der Waals surface area contributed by atoms with Crippen LogP contribution in [0.15, 0.2) is 71.6 Å². The Morgan fingerprint density at radius 1 is 0.964 bits per heavy atom. The zero-order chi connectivity index (χ0) is 19.7. The molecule has 2 N–H and O–H groups in total. The molecule has 0 aliphatic rings. The van der Waals surface area contributed by atoms with Crippen LogP contribution in [-0.4, -0.2) is 18.4 Å². The molecule has 0 aliphatic carbocycles. The highest BCUT2D eigenvalue weighted by molar-refractivity contribution is 7.90. The molecule has 0 saturated carbocycles. The average molecular weight is 432 g/mol. The Kier molecular flexibility index (Phi) is 5.02. The number of benzene rings is 3. The predicted molar refractivity (Wildman–Crippen MR) is 113 cm³/mol. The number of aromatic amines is 1. The number of rotatable bonds is 5. The van der Waals surface area contributed by atoms with Crippen LogP contribution in [0, 0.1) is 0 Å². The van der Waals surface area contributed by atoms with Gasteiger partial charge in [0.15, 0.2) is 9.84 Å². The molecule has 0 saturated heterocycles. The average Bonchev–Trinajstić information content (AvgIpc) is 3.07. The van der Waals surface area contributed by atoms with E-state index in [1.54, 1.807) is 48.5 Å². The number of fused-ring (bicyclic) bond motifs is 1. The fraction of sp³-hybridized carbons (Fsp3) is 0.0500. The highest BCUT2D eigenvalue weighted by Gasteiger charge is 2.17. The topological polar surface area (TPSA) is 74.8 Å². The molecule has 4 aromatic rings. The van der Waals surface area contributed by atoms with E-state index in [2.05, 4.69) is 15.3 Å². The number of nitrogens with one attached hydrogen (secondary N) is 2. The lowest BCUT2D eigenvalue weighted by Crippen LogP contribution is -2.04. The molecule has 142 valence electrons. The van der Waals surface area contributed by atoms with Gasteiger partial charge in [0.1, 0.15) is 0 Å². The minimum absolute atomic E-state index is 0.0588. The fourth-order valence-corrected chi connectivity index (χ4v) is 4.56. The summed E-state index contributed by atoms with van der Waals surface area (Å²) in [5.41, 5.74) is 2.59. The van der Waals surface area contributed by atoms with Gasteiger partial charge in [0, 0.05) is 0 Å². The molecule has 0 radical (unpaired) electrons. The maximum Gasteiger partial charge on any atom is 0.205 e. The number of halogens is 2. The van der Waals surface area contributed by atoms with Crippen LogP contribution in [0.1, 0.15) is 5.56 Å². The molecule has 0 spiro atoms. The lowest BCUT2D eigenvalue weighted by Gasteiger charge is -2.06. The van der Waals surface area contributed by atoms with E-state index in [9.17, 15) is 8.42 Å². The van der Waals surface area contributed by atoms with Crippen molar-refractivity contribution in [2.45, 2.75) is 10.6 Å². The zero-order valence-corrected chi connectivity index (χ0v) is 16.8. The van der Waals surface area contributed by atoms with Crippen molar-refractivity contribution in [2.24, 2.45) is 0 Å². The lowest BCUT2D eigenvalue weighted by atomic mass is 10.2. The van der Waals surface area contributed by atoms with Crippen molar-refractivity contribution in [3.63, 3.8) is 0 Å². The van der Waals surface area contributed by atoms with Crippen LogP contribution >= 0.6 is 23.2 Å². The van der Waals surface area contributed by atoms with E-state index in [0.29, 0.717) is 32.7 Å². The molecule has 0 bridgehead atoms. The number of nitrogens with zero attached hydrogens (tertiary/aromatic N) is 1. The number of sulfone groups is 1. The van der Waals surface area contributed by atoms with Gasteiger partial charge in [0.05, 0.1) is 37.4 Å². The first kappa shape index (κ1) is 18.8. The zero-order valence-electron chi connectivity index (χ0n) is 14.5. The van der Waals surface area contributed by atoms with Crippen molar-refractivity contribution in [3.05, 3.63) is 82.3 Å². The summed E-state index contributed by atoms with van der Waals surface area (Å²) in [5.74, 6) is 0.383. The van der Waals surface area contributed by atoms with E-state index in [0.717, 1.165) is 5.56 Å². The smallest absolute Gasteiger partial charge is 0.205 e. The highest BCUT2D eigenvalue weighted by Crippen LogP contribution is 2.31. The number of imidazole rings is 1. The van der Waals surface area contributed by atoms with Crippen molar-refractivity contribution in [2.75, 3.05) is 5.32 Å². The van der Waals surface area contributed by atoms with E-state index in [1.807, 2.05) is 18.2 Å². The van der Waals surface area contributed by atoms with Crippen molar-refractivity contribution in [1.29, 1.82) is 0 Å². The Labute approximate surface area is 172 Å². The van der Waals surface area contributed by atoms with Gasteiger partial charge in [-0.1, -0.05) is 59.6 Å². The normalized spacial score (nSPS) is 11.6. The van der Waals surface area contributed by atoms with Gasteiger partial charge in [-0.2, -0.15) is 0 Å². The van der Waals surface area contributed by atoms with E-state index >= 15 is 0 Å². The Bertz CT molecular complexity index is 1260. The first-order valence-corrected chi connectivity index (χ1v) is 10.8. The van der Waals surface area contributed by atoms with Gasteiger partial charge in [-0.3, -0.25) is 0 Å². The second-order valence-electron chi connectivity index (χ2n) is 6.24. The third-order valence-electron chi connectivity index (χ3n) is 4.22. The van der Waals surface area contributed by atoms with Crippen LogP contribution < -0.4 is 5.32 Å². The summed E-state index contributed by atoms with van der Waals surface area (Å²) in [6, 6.07) is 19.2. The summed E-state index contributed by atoms with van der Waals surface area (Å²) in [6.45, 7) is 0. The van der Waals surface area contributed by atoms with E-state index in [1.165, 1.54) is 0 Å². The number of anilines is 2. The van der Waals surface area contributed by atoms with Crippen molar-refractivity contribution in [3.8, 4) is 0 Å². The lowest BCUT2D eigenvalue weighted by molar-refractivity contribution is 0.595. The largest absolute Gasteiger partial charge is 0.324 e. The van der Waals surface area contributed by atoms with E-state index in [4.69, 9.17) is 23.2 Å². The van der Waals surface area contributed by atoms with Gasteiger partial charge in [0.2, 0.25) is 5.95 Å². The summed E-state index contributed by atoms with van der Waals surface area (Å²) in [5, 5.41) is 3.88. The minimum Gasteiger partial charge on any atom is -0.324 e. The molecule has 8 heteroatoms. The highest BCUT2D eigenvalue weighted by atomic mass is 35.5. The first-order valence-electron chi connectivity index (χ1n) is 8.40. The van der Waals surface area contributed by atoms with Crippen molar-refractivity contribution < 1.29 is 8.42 Å². The second-order valence-corrected chi connectivity index (χ2v) is 9.01. The first-order chi connectivity index (χ1) is 13.4. The third-order valence-corrected chi connectivity index (χ3v) is 6.72. The standard InChI is InChI=1S/C20H15Cl2N3O2S/c21-15-7-4-8-17(19(15)22)24-20-23-16-10-9-14(11-18(16)25-20)28(26,27)12-13-5-2-1-3-6-13/h1-11H,12H2,(H2,23,24,25). The van der Waals surface area contributed by atoms with Gasteiger partial charge in [0.25, 0.3) is 0 Å². The Morgan fingerprint density at radius 2 is 1.75 bits per heavy atom. The Balaban J connectivity index is 1.64. The SMILES string of the molecule is O=S(=O)(Cc1ccccc1)c1ccc2nc(Nc3cccc(Cl)c3Cl)[nH]c2c1. The third kappa shape index (κ3) is 3.85. The molecule has 1 heterocycles. The van der Waals surface area contributed by atoms with Gasteiger partial charge in [-0.05, 0) is 35.9 Å². The number of hydrogen-bond acceptors (Lipinski definition) is 4. The summed E-state index contributed by atoms with van der Waals surface area (Å²) in [7, 11) is -3.47. The molecule has 0 atom stereocenters.